The van der Waals surface area contributed by atoms with Crippen molar-refractivity contribution in [2.24, 2.45) is 0 Å². The Morgan fingerprint density at radius 2 is 1.93 bits per heavy atom. The molecule has 3 heterocycles. The van der Waals surface area contributed by atoms with Crippen molar-refractivity contribution in [2.45, 2.75) is 24.8 Å². The molecule has 29 heavy (non-hydrogen) atoms. The number of rotatable bonds is 4. The Labute approximate surface area is 174 Å². The van der Waals surface area contributed by atoms with E-state index in [-0.39, 0.29) is 11.8 Å². The molecule has 0 atom stereocenters. The van der Waals surface area contributed by atoms with Crippen LogP contribution in [0.2, 0.25) is 5.02 Å². The molecule has 6 nitrogen and oxygen atoms in total. The molecule has 7 heteroatoms. The highest BCUT2D eigenvalue weighted by molar-refractivity contribution is 6.31. The first-order valence-electron chi connectivity index (χ1n) is 9.93. The lowest BCUT2D eigenvalue weighted by Crippen LogP contribution is -2.47. The summed E-state index contributed by atoms with van der Waals surface area (Å²) in [5.74, 6) is 0.854. The van der Waals surface area contributed by atoms with Crippen LogP contribution in [0, 0.1) is 0 Å². The van der Waals surface area contributed by atoms with Crippen LogP contribution in [-0.4, -0.2) is 43.0 Å². The molecule has 0 aliphatic carbocycles. The monoisotopic (exact) mass is 411 g/mol. The largest absolute Gasteiger partial charge is 0.492 e. The molecule has 5 rings (SSSR count). The van der Waals surface area contributed by atoms with Crippen LogP contribution in [0.3, 0.4) is 0 Å². The van der Waals surface area contributed by atoms with Gasteiger partial charge in [0.2, 0.25) is 5.91 Å². The maximum absolute atomic E-state index is 12.7. The number of amides is 2. The number of hydrogen-bond acceptors (Lipinski definition) is 4. The summed E-state index contributed by atoms with van der Waals surface area (Å²) in [6, 6.07) is 11.2. The van der Waals surface area contributed by atoms with Crippen molar-refractivity contribution in [3.8, 4) is 5.75 Å². The zero-order valence-electron chi connectivity index (χ0n) is 16.0. The second-order valence-corrected chi connectivity index (χ2v) is 8.35. The van der Waals surface area contributed by atoms with Gasteiger partial charge in [0, 0.05) is 29.4 Å². The average molecular weight is 412 g/mol. The third-order valence-electron chi connectivity index (χ3n) is 6.33. The molecule has 2 aromatic carbocycles. The molecule has 0 aromatic heterocycles. The average Bonchev–Trinajstić information content (AvgIpc) is 3.21. The van der Waals surface area contributed by atoms with Gasteiger partial charge in [0.25, 0.3) is 5.91 Å². The summed E-state index contributed by atoms with van der Waals surface area (Å²) >= 11 is 6.18. The predicted octanol–water partition coefficient (Wildman–Crippen LogP) is 2.95. The first-order chi connectivity index (χ1) is 14.0. The molecule has 1 fully saturated rings. The van der Waals surface area contributed by atoms with Gasteiger partial charge < -0.3 is 15.4 Å². The van der Waals surface area contributed by atoms with Gasteiger partial charge in [-0.2, -0.15) is 0 Å². The summed E-state index contributed by atoms with van der Waals surface area (Å²) in [4.78, 5) is 26.7. The van der Waals surface area contributed by atoms with Crippen molar-refractivity contribution in [3.63, 3.8) is 0 Å². The van der Waals surface area contributed by atoms with E-state index in [0.717, 1.165) is 60.6 Å². The quantitative estimate of drug-likeness (QED) is 0.811. The summed E-state index contributed by atoms with van der Waals surface area (Å²) in [5.41, 5.74) is 3.18. The van der Waals surface area contributed by atoms with Crippen LogP contribution in [0.5, 0.6) is 5.75 Å². The number of benzene rings is 2. The lowest BCUT2D eigenvalue weighted by Gasteiger charge is -2.38. The van der Waals surface area contributed by atoms with Crippen LogP contribution in [0.15, 0.2) is 36.4 Å². The first kappa shape index (κ1) is 18.5. The van der Waals surface area contributed by atoms with Crippen LogP contribution in [0.4, 0.5) is 5.69 Å². The van der Waals surface area contributed by atoms with Crippen molar-refractivity contribution in [3.05, 3.63) is 58.1 Å². The Kier molecular flexibility index (Phi) is 4.48. The number of piperidine rings is 1. The third-order valence-corrected chi connectivity index (χ3v) is 6.56. The number of halogens is 1. The maximum Gasteiger partial charge on any atom is 0.251 e. The molecular formula is C22H22ClN3O3. The molecule has 0 unspecified atom stereocenters. The lowest BCUT2D eigenvalue weighted by atomic mass is 9.73. The number of nitrogens with zero attached hydrogens (tertiary/aromatic N) is 1. The maximum atomic E-state index is 12.7. The fraction of sp³-hybridized carbons (Fsp3) is 0.364. The van der Waals surface area contributed by atoms with Crippen molar-refractivity contribution in [2.75, 3.05) is 31.6 Å². The van der Waals surface area contributed by atoms with Gasteiger partial charge in [0.05, 0.1) is 5.41 Å². The summed E-state index contributed by atoms with van der Waals surface area (Å²) in [6.45, 7) is 3.61. The molecule has 2 amide bonds. The van der Waals surface area contributed by atoms with Gasteiger partial charge in [0.1, 0.15) is 12.4 Å². The van der Waals surface area contributed by atoms with Crippen LogP contribution in [-0.2, 0) is 16.8 Å². The molecule has 2 aromatic rings. The minimum atomic E-state index is -0.461. The number of hydrogen-bond donors (Lipinski definition) is 2. The second-order valence-electron chi connectivity index (χ2n) is 7.92. The van der Waals surface area contributed by atoms with E-state index in [9.17, 15) is 9.59 Å². The van der Waals surface area contributed by atoms with Crippen LogP contribution in [0.25, 0.3) is 0 Å². The van der Waals surface area contributed by atoms with E-state index in [1.807, 2.05) is 36.4 Å². The van der Waals surface area contributed by atoms with E-state index in [1.165, 1.54) is 0 Å². The Balaban J connectivity index is 1.18. The number of ether oxygens (including phenoxy) is 1. The topological polar surface area (TPSA) is 70.7 Å². The highest BCUT2D eigenvalue weighted by Crippen LogP contribution is 2.45. The first-order valence-corrected chi connectivity index (χ1v) is 10.3. The fourth-order valence-corrected chi connectivity index (χ4v) is 4.80. The molecular weight excluding hydrogens is 390 g/mol. The van der Waals surface area contributed by atoms with Crippen molar-refractivity contribution in [1.82, 2.24) is 10.2 Å². The molecule has 0 radical (unpaired) electrons. The molecule has 2 N–H and O–H groups in total. The zero-order valence-corrected chi connectivity index (χ0v) is 16.7. The van der Waals surface area contributed by atoms with Crippen LogP contribution >= 0.6 is 11.6 Å². The lowest BCUT2D eigenvalue weighted by molar-refractivity contribution is -0.122. The summed E-state index contributed by atoms with van der Waals surface area (Å²) < 4.78 is 5.90. The van der Waals surface area contributed by atoms with E-state index < -0.39 is 5.41 Å². The van der Waals surface area contributed by atoms with Gasteiger partial charge in [-0.05, 0) is 73.5 Å². The highest BCUT2D eigenvalue weighted by atomic mass is 35.5. The van der Waals surface area contributed by atoms with Gasteiger partial charge in [0.15, 0.2) is 0 Å². The SMILES string of the molecule is O=C1NCc2cc(OCCN3CCC4(CC3)C(=O)Nc3ccc(Cl)cc34)ccc21. The Morgan fingerprint density at radius 3 is 2.76 bits per heavy atom. The van der Waals surface area contributed by atoms with Crippen LogP contribution < -0.4 is 15.4 Å². The minimum absolute atomic E-state index is 0.0207. The van der Waals surface area contributed by atoms with Crippen LogP contribution in [0.1, 0.15) is 34.3 Å². The van der Waals surface area contributed by atoms with Gasteiger partial charge in [-0.15, -0.1) is 0 Å². The van der Waals surface area contributed by atoms with E-state index >= 15 is 0 Å². The van der Waals surface area contributed by atoms with Gasteiger partial charge >= 0.3 is 0 Å². The molecule has 1 saturated heterocycles. The van der Waals surface area contributed by atoms with Gasteiger partial charge in [-0.3, -0.25) is 14.5 Å². The number of carbonyl (C=O) groups excluding carboxylic acids is 2. The van der Waals surface area contributed by atoms with E-state index in [1.54, 1.807) is 0 Å². The molecule has 150 valence electrons. The van der Waals surface area contributed by atoms with Gasteiger partial charge in [-0.25, -0.2) is 0 Å². The summed E-state index contributed by atoms with van der Waals surface area (Å²) in [7, 11) is 0. The Morgan fingerprint density at radius 1 is 1.10 bits per heavy atom. The van der Waals surface area contributed by atoms with Crippen molar-refractivity contribution in [1.29, 1.82) is 0 Å². The van der Waals surface area contributed by atoms with Gasteiger partial charge in [-0.1, -0.05) is 11.6 Å². The number of carbonyl (C=O) groups is 2. The number of anilines is 1. The second kappa shape index (κ2) is 7.04. The van der Waals surface area contributed by atoms with Crippen molar-refractivity contribution < 1.29 is 14.3 Å². The highest BCUT2D eigenvalue weighted by Gasteiger charge is 2.48. The van der Waals surface area contributed by atoms with E-state index in [2.05, 4.69) is 15.5 Å². The standard InChI is InChI=1S/C22H22ClN3O3/c23-15-1-4-19-18(12-15)22(21(28)25-19)5-7-26(8-6-22)9-10-29-16-2-3-17-14(11-16)13-24-20(17)27/h1-4,11-12H,5-10,13H2,(H,24,27)(H,25,28). The van der Waals surface area contributed by atoms with Crippen molar-refractivity contribution >= 4 is 29.1 Å². The smallest absolute Gasteiger partial charge is 0.251 e. The fourth-order valence-electron chi connectivity index (χ4n) is 4.63. The Bertz CT molecular complexity index is 999. The zero-order chi connectivity index (χ0) is 20.0. The molecule has 3 aliphatic heterocycles. The molecule has 3 aliphatic rings. The molecule has 1 spiro atoms. The Hall–Kier alpha value is -2.57. The van der Waals surface area contributed by atoms with E-state index in [4.69, 9.17) is 16.3 Å². The minimum Gasteiger partial charge on any atom is -0.492 e. The number of fused-ring (bicyclic) bond motifs is 3. The summed E-state index contributed by atoms with van der Waals surface area (Å²) in [5, 5.41) is 6.50. The normalized spacial score (nSPS) is 19.6. The van der Waals surface area contributed by atoms with E-state index in [0.29, 0.717) is 18.2 Å². The number of nitrogens with one attached hydrogen (secondary N) is 2. The number of likely N-dealkylation sites (tertiary alicyclic amines) is 1. The molecule has 0 saturated carbocycles. The predicted molar refractivity (Wildman–Crippen MR) is 111 cm³/mol. The molecule has 0 bridgehead atoms. The summed E-state index contributed by atoms with van der Waals surface area (Å²) in [6.07, 6.45) is 1.55. The third kappa shape index (κ3) is 3.16.